The van der Waals surface area contributed by atoms with Crippen molar-refractivity contribution in [2.45, 2.75) is 26.7 Å². The van der Waals surface area contributed by atoms with Crippen molar-refractivity contribution in [3.8, 4) is 33.9 Å². The van der Waals surface area contributed by atoms with Crippen LogP contribution in [0.3, 0.4) is 0 Å². The minimum absolute atomic E-state index is 0.0101. The number of ether oxygens (including phenoxy) is 3. The zero-order valence-corrected chi connectivity index (χ0v) is 24.5. The van der Waals surface area contributed by atoms with Gasteiger partial charge in [-0.25, -0.2) is 9.78 Å². The number of aromatic nitrogens is 1. The summed E-state index contributed by atoms with van der Waals surface area (Å²) in [5.41, 5.74) is 4.63. The van der Waals surface area contributed by atoms with E-state index in [0.29, 0.717) is 41.8 Å². The SMILES string of the molecule is CCOc1ccc(C(=O)CCC(=O)Nc2cc(-c3ccc(C=CC(=O)OC)cc3)cc(-c3ccccc3)n2)cc1OCC. The molecule has 3 aromatic carbocycles. The second kappa shape index (κ2) is 15.1. The quantitative estimate of drug-likeness (QED) is 0.103. The van der Waals surface area contributed by atoms with Gasteiger partial charge in [0.2, 0.25) is 5.91 Å². The average molecular weight is 579 g/mol. The van der Waals surface area contributed by atoms with Crippen molar-refractivity contribution < 1.29 is 28.6 Å². The van der Waals surface area contributed by atoms with Crippen LogP contribution in [0.5, 0.6) is 11.5 Å². The molecule has 0 fully saturated rings. The molecular formula is C35H34N2O6. The van der Waals surface area contributed by atoms with Crippen LogP contribution in [0.15, 0.2) is 91.0 Å². The minimum atomic E-state index is -0.428. The topological polar surface area (TPSA) is 104 Å². The first-order valence-corrected chi connectivity index (χ1v) is 14.1. The zero-order valence-electron chi connectivity index (χ0n) is 24.5. The van der Waals surface area contributed by atoms with E-state index in [4.69, 9.17) is 9.47 Å². The third-order valence-electron chi connectivity index (χ3n) is 6.46. The first-order chi connectivity index (χ1) is 20.9. The lowest BCUT2D eigenvalue weighted by Gasteiger charge is -2.12. The predicted octanol–water partition coefficient (Wildman–Crippen LogP) is 7.00. The molecule has 0 aliphatic heterocycles. The molecule has 0 spiro atoms. The van der Waals surface area contributed by atoms with Gasteiger partial charge in [-0.3, -0.25) is 9.59 Å². The Morgan fingerprint density at radius 2 is 1.49 bits per heavy atom. The number of nitrogens with zero attached hydrogens (tertiary/aromatic N) is 1. The number of benzene rings is 3. The first kappa shape index (κ1) is 30.7. The Labute approximate surface area is 251 Å². The number of amides is 1. The van der Waals surface area contributed by atoms with E-state index in [1.54, 1.807) is 30.3 Å². The summed E-state index contributed by atoms with van der Waals surface area (Å²) < 4.78 is 15.8. The van der Waals surface area contributed by atoms with Gasteiger partial charge in [0.25, 0.3) is 0 Å². The first-order valence-electron chi connectivity index (χ1n) is 14.1. The molecule has 4 aromatic rings. The summed E-state index contributed by atoms with van der Waals surface area (Å²) in [6.45, 7) is 4.66. The Kier molecular flexibility index (Phi) is 10.8. The van der Waals surface area contributed by atoms with E-state index in [9.17, 15) is 14.4 Å². The number of methoxy groups -OCH3 is 1. The lowest BCUT2D eigenvalue weighted by atomic mass is 10.0. The van der Waals surface area contributed by atoms with Crippen molar-refractivity contribution >= 4 is 29.6 Å². The Morgan fingerprint density at radius 1 is 0.767 bits per heavy atom. The van der Waals surface area contributed by atoms with E-state index in [-0.39, 0.29) is 24.5 Å². The Bertz CT molecular complexity index is 1600. The fourth-order valence-electron chi connectivity index (χ4n) is 4.34. The molecule has 43 heavy (non-hydrogen) atoms. The summed E-state index contributed by atoms with van der Waals surface area (Å²) in [5.74, 6) is 0.530. The number of pyridine rings is 1. The molecular weight excluding hydrogens is 544 g/mol. The molecule has 8 nitrogen and oxygen atoms in total. The number of anilines is 1. The second-order valence-corrected chi connectivity index (χ2v) is 9.47. The third kappa shape index (κ3) is 8.63. The van der Waals surface area contributed by atoms with Crippen LogP contribution >= 0.6 is 0 Å². The fraction of sp³-hybridized carbons (Fsp3) is 0.200. The van der Waals surface area contributed by atoms with Crippen molar-refractivity contribution in [1.82, 2.24) is 4.98 Å². The van der Waals surface area contributed by atoms with E-state index >= 15 is 0 Å². The number of hydrogen-bond donors (Lipinski definition) is 1. The van der Waals surface area contributed by atoms with Crippen LogP contribution in [-0.4, -0.2) is 43.0 Å². The van der Waals surface area contributed by atoms with Gasteiger partial charge in [0.1, 0.15) is 5.82 Å². The van der Waals surface area contributed by atoms with Gasteiger partial charge < -0.3 is 19.5 Å². The van der Waals surface area contributed by atoms with Crippen LogP contribution in [0.2, 0.25) is 0 Å². The Hall–Kier alpha value is -5.24. The highest BCUT2D eigenvalue weighted by molar-refractivity contribution is 6.00. The molecule has 0 saturated heterocycles. The Morgan fingerprint density at radius 3 is 2.19 bits per heavy atom. The summed E-state index contributed by atoms with van der Waals surface area (Å²) in [7, 11) is 1.33. The van der Waals surface area contributed by atoms with Gasteiger partial charge in [0.15, 0.2) is 17.3 Å². The number of esters is 1. The standard InChI is InChI=1S/C35H34N2O6/c1-4-42-31-18-16-27(22-32(31)43-5-2)30(38)17-19-34(39)37-33-23-28(21-29(36-33)26-9-7-6-8-10-26)25-14-11-24(12-15-25)13-20-35(40)41-3/h6-16,18,20-23H,4-5,17,19H2,1-3H3,(H,36,37,39). The molecule has 0 aliphatic carbocycles. The van der Waals surface area contributed by atoms with Gasteiger partial charge in [-0.2, -0.15) is 0 Å². The summed E-state index contributed by atoms with van der Waals surface area (Å²) >= 11 is 0. The van der Waals surface area contributed by atoms with Crippen LogP contribution in [-0.2, 0) is 14.3 Å². The number of Topliss-reactive ketones (excluding diaryl/α,β-unsaturated/α-hetero) is 1. The summed E-state index contributed by atoms with van der Waals surface area (Å²) in [6, 6.07) is 26.1. The number of hydrogen-bond acceptors (Lipinski definition) is 7. The maximum Gasteiger partial charge on any atom is 0.330 e. The van der Waals surface area contributed by atoms with Crippen LogP contribution in [0.4, 0.5) is 5.82 Å². The third-order valence-corrected chi connectivity index (χ3v) is 6.46. The maximum atomic E-state index is 13.0. The molecule has 1 amide bonds. The lowest BCUT2D eigenvalue weighted by molar-refractivity contribution is -0.134. The number of rotatable bonds is 13. The average Bonchev–Trinajstić information content (AvgIpc) is 3.04. The second-order valence-electron chi connectivity index (χ2n) is 9.47. The molecule has 0 bridgehead atoms. The van der Waals surface area contributed by atoms with Crippen molar-refractivity contribution in [2.24, 2.45) is 0 Å². The van der Waals surface area contributed by atoms with E-state index in [2.05, 4.69) is 15.0 Å². The molecule has 0 aliphatic rings. The molecule has 0 atom stereocenters. The summed E-state index contributed by atoms with van der Waals surface area (Å²) in [5, 5.41) is 2.87. The number of nitrogens with one attached hydrogen (secondary N) is 1. The van der Waals surface area contributed by atoms with Gasteiger partial charge in [-0.05, 0) is 66.9 Å². The van der Waals surface area contributed by atoms with Gasteiger partial charge >= 0.3 is 5.97 Å². The van der Waals surface area contributed by atoms with Gasteiger partial charge in [0, 0.05) is 30.0 Å². The highest BCUT2D eigenvalue weighted by atomic mass is 16.5. The molecule has 0 radical (unpaired) electrons. The van der Waals surface area contributed by atoms with Crippen LogP contribution in [0.1, 0.15) is 42.6 Å². The van der Waals surface area contributed by atoms with Crippen molar-refractivity contribution in [2.75, 3.05) is 25.6 Å². The molecule has 4 rings (SSSR count). The lowest BCUT2D eigenvalue weighted by Crippen LogP contribution is -2.15. The van der Waals surface area contributed by atoms with Crippen molar-refractivity contribution in [3.63, 3.8) is 0 Å². The van der Waals surface area contributed by atoms with E-state index in [1.807, 2.05) is 74.5 Å². The Balaban J connectivity index is 1.51. The van der Waals surface area contributed by atoms with Crippen LogP contribution < -0.4 is 14.8 Å². The van der Waals surface area contributed by atoms with Gasteiger partial charge in [0.05, 0.1) is 26.0 Å². The highest BCUT2D eigenvalue weighted by Crippen LogP contribution is 2.30. The normalized spacial score (nSPS) is 10.8. The summed E-state index contributed by atoms with van der Waals surface area (Å²) in [6.07, 6.45) is 3.05. The molecule has 0 unspecified atom stereocenters. The molecule has 1 heterocycles. The molecule has 1 N–H and O–H groups in total. The van der Waals surface area contributed by atoms with Crippen LogP contribution in [0, 0.1) is 0 Å². The molecule has 1 aromatic heterocycles. The van der Waals surface area contributed by atoms with E-state index in [0.717, 1.165) is 22.3 Å². The van der Waals surface area contributed by atoms with Gasteiger partial charge in [-0.1, -0.05) is 54.6 Å². The van der Waals surface area contributed by atoms with E-state index < -0.39 is 5.97 Å². The van der Waals surface area contributed by atoms with Crippen LogP contribution in [0.25, 0.3) is 28.5 Å². The maximum absolute atomic E-state index is 13.0. The minimum Gasteiger partial charge on any atom is -0.490 e. The molecule has 0 saturated carbocycles. The van der Waals surface area contributed by atoms with Crippen molar-refractivity contribution in [1.29, 1.82) is 0 Å². The van der Waals surface area contributed by atoms with Gasteiger partial charge in [-0.15, -0.1) is 0 Å². The van der Waals surface area contributed by atoms with E-state index in [1.165, 1.54) is 13.2 Å². The summed E-state index contributed by atoms with van der Waals surface area (Å²) in [4.78, 5) is 42.0. The fourth-order valence-corrected chi connectivity index (χ4v) is 4.34. The monoisotopic (exact) mass is 578 g/mol. The zero-order chi connectivity index (χ0) is 30.6. The molecule has 8 heteroatoms. The number of ketones is 1. The smallest absolute Gasteiger partial charge is 0.330 e. The number of carbonyl (C=O) groups is 3. The number of carbonyl (C=O) groups excluding carboxylic acids is 3. The largest absolute Gasteiger partial charge is 0.490 e. The highest BCUT2D eigenvalue weighted by Gasteiger charge is 2.15. The van der Waals surface area contributed by atoms with Crippen molar-refractivity contribution in [3.05, 3.63) is 102 Å². The molecule has 220 valence electrons. The predicted molar refractivity (Wildman–Crippen MR) is 167 cm³/mol.